The third kappa shape index (κ3) is 2.11. The van der Waals surface area contributed by atoms with E-state index in [4.69, 9.17) is 5.11 Å². The molecule has 0 unspecified atom stereocenters. The Balaban J connectivity index is 2.94. The largest absolute Gasteiger partial charge is 0.395 e. The summed E-state index contributed by atoms with van der Waals surface area (Å²) in [5, 5.41) is 14.7. The minimum Gasteiger partial charge on any atom is -0.395 e. The molecule has 0 aromatic carbocycles. The molecule has 0 saturated carbocycles. The summed E-state index contributed by atoms with van der Waals surface area (Å²) in [5.74, 6) is 0. The van der Waals surface area contributed by atoms with E-state index in [1.807, 2.05) is 0 Å². The fourth-order valence-electron chi connectivity index (χ4n) is 1.09. The molecule has 0 saturated heterocycles. The van der Waals surface area contributed by atoms with E-state index in [1.165, 1.54) is 16.7 Å². The van der Waals surface area contributed by atoms with Crippen LogP contribution in [0.2, 0.25) is 0 Å². The summed E-state index contributed by atoms with van der Waals surface area (Å²) in [6.45, 7) is 1.95. The molecule has 0 amide bonds. The van der Waals surface area contributed by atoms with Crippen LogP contribution < -0.4 is 0 Å². The van der Waals surface area contributed by atoms with Crippen LogP contribution >= 0.6 is 0 Å². The molecule has 0 fully saturated rings. The molecule has 1 aromatic heterocycles. The van der Waals surface area contributed by atoms with E-state index in [0.717, 1.165) is 0 Å². The van der Waals surface area contributed by atoms with Crippen molar-refractivity contribution in [3.8, 4) is 0 Å². The van der Waals surface area contributed by atoms with E-state index in [9.17, 15) is 8.42 Å². The van der Waals surface area contributed by atoms with Gasteiger partial charge in [-0.3, -0.25) is 5.10 Å². The molecule has 0 atom stereocenters. The number of likely N-dealkylation sites (N-methyl/N-ethyl adjacent to an activating group) is 1. The summed E-state index contributed by atoms with van der Waals surface area (Å²) in [7, 11) is -3.49. The van der Waals surface area contributed by atoms with Crippen molar-refractivity contribution in [3.63, 3.8) is 0 Å². The number of hydrogen-bond donors (Lipinski definition) is 2. The SMILES string of the molecule is CCN(CCO)S(=O)(=O)c1cn[nH]c1. The Bertz CT molecular complexity index is 360. The lowest BCUT2D eigenvalue weighted by Crippen LogP contribution is -2.33. The van der Waals surface area contributed by atoms with Gasteiger partial charge in [0.05, 0.1) is 12.8 Å². The quantitative estimate of drug-likeness (QED) is 0.693. The first-order valence-electron chi connectivity index (χ1n) is 4.22. The summed E-state index contributed by atoms with van der Waals surface area (Å²) in [6, 6.07) is 0. The molecule has 14 heavy (non-hydrogen) atoms. The van der Waals surface area contributed by atoms with Gasteiger partial charge in [-0.05, 0) is 0 Å². The fourth-order valence-corrected chi connectivity index (χ4v) is 2.44. The van der Waals surface area contributed by atoms with Crippen molar-refractivity contribution in [3.05, 3.63) is 12.4 Å². The Morgan fingerprint density at radius 1 is 1.64 bits per heavy atom. The number of hydrogen-bond acceptors (Lipinski definition) is 4. The van der Waals surface area contributed by atoms with Crippen LogP contribution in [0, 0.1) is 0 Å². The normalized spacial score (nSPS) is 12.2. The highest BCUT2D eigenvalue weighted by molar-refractivity contribution is 7.89. The highest BCUT2D eigenvalue weighted by Crippen LogP contribution is 2.12. The highest BCUT2D eigenvalue weighted by Gasteiger charge is 2.22. The third-order valence-electron chi connectivity index (χ3n) is 1.81. The van der Waals surface area contributed by atoms with Gasteiger partial charge in [0.15, 0.2) is 0 Å². The average molecular weight is 219 g/mol. The molecular weight excluding hydrogens is 206 g/mol. The lowest BCUT2D eigenvalue weighted by Gasteiger charge is -2.17. The molecular formula is C7H13N3O3S. The number of H-pyrrole nitrogens is 1. The number of aromatic amines is 1. The standard InChI is InChI=1S/C7H13N3O3S/c1-2-10(3-4-11)14(12,13)7-5-8-9-6-7/h5-6,11H,2-4H2,1H3,(H,8,9). The van der Waals surface area contributed by atoms with Crippen LogP contribution in [0.1, 0.15) is 6.92 Å². The molecule has 0 aliphatic heterocycles. The van der Waals surface area contributed by atoms with Gasteiger partial charge in [0.25, 0.3) is 0 Å². The first-order valence-corrected chi connectivity index (χ1v) is 5.66. The van der Waals surface area contributed by atoms with Gasteiger partial charge in [-0.25, -0.2) is 8.42 Å². The Morgan fingerprint density at radius 3 is 2.79 bits per heavy atom. The second-order valence-electron chi connectivity index (χ2n) is 2.65. The van der Waals surface area contributed by atoms with E-state index < -0.39 is 10.0 Å². The van der Waals surface area contributed by atoms with Crippen LogP contribution in [0.5, 0.6) is 0 Å². The van der Waals surface area contributed by atoms with Crippen molar-refractivity contribution in [1.29, 1.82) is 0 Å². The van der Waals surface area contributed by atoms with E-state index in [1.54, 1.807) is 6.92 Å². The molecule has 80 valence electrons. The minimum atomic E-state index is -3.49. The zero-order valence-electron chi connectivity index (χ0n) is 7.84. The van der Waals surface area contributed by atoms with Gasteiger partial charge in [-0.1, -0.05) is 6.92 Å². The van der Waals surface area contributed by atoms with Gasteiger partial charge in [-0.2, -0.15) is 9.40 Å². The predicted molar refractivity (Wildman–Crippen MR) is 50.1 cm³/mol. The number of nitrogens with one attached hydrogen (secondary N) is 1. The van der Waals surface area contributed by atoms with Crippen molar-refractivity contribution < 1.29 is 13.5 Å². The molecule has 2 N–H and O–H groups in total. The average Bonchev–Trinajstić information content (AvgIpc) is 2.66. The van der Waals surface area contributed by atoms with Crippen LogP contribution in [0.3, 0.4) is 0 Å². The third-order valence-corrected chi connectivity index (χ3v) is 3.75. The molecule has 0 aliphatic carbocycles. The predicted octanol–water partition coefficient (Wildman–Crippen LogP) is -0.587. The maximum atomic E-state index is 11.8. The molecule has 0 aliphatic rings. The summed E-state index contributed by atoms with van der Waals surface area (Å²) in [6.07, 6.45) is 2.56. The van der Waals surface area contributed by atoms with Crippen molar-refractivity contribution in [2.75, 3.05) is 19.7 Å². The van der Waals surface area contributed by atoms with Crippen LogP contribution in [0.4, 0.5) is 0 Å². The monoisotopic (exact) mass is 219 g/mol. The lowest BCUT2D eigenvalue weighted by atomic mass is 10.6. The van der Waals surface area contributed by atoms with E-state index >= 15 is 0 Å². The maximum Gasteiger partial charge on any atom is 0.246 e. The lowest BCUT2D eigenvalue weighted by molar-refractivity contribution is 0.257. The molecule has 1 rings (SSSR count). The summed E-state index contributed by atoms with van der Waals surface area (Å²) in [4.78, 5) is 0.118. The van der Waals surface area contributed by atoms with Crippen molar-refractivity contribution in [2.24, 2.45) is 0 Å². The van der Waals surface area contributed by atoms with Gasteiger partial charge in [-0.15, -0.1) is 0 Å². The second kappa shape index (κ2) is 4.54. The Labute approximate surface area is 82.6 Å². The maximum absolute atomic E-state index is 11.8. The van der Waals surface area contributed by atoms with Gasteiger partial charge < -0.3 is 5.11 Å². The van der Waals surface area contributed by atoms with Gasteiger partial charge in [0.2, 0.25) is 10.0 Å². The first kappa shape index (κ1) is 11.2. The summed E-state index contributed by atoms with van der Waals surface area (Å²) >= 11 is 0. The number of aliphatic hydroxyl groups excluding tert-OH is 1. The molecule has 0 bridgehead atoms. The topological polar surface area (TPSA) is 86.3 Å². The zero-order valence-corrected chi connectivity index (χ0v) is 8.66. The number of aliphatic hydroxyl groups is 1. The van der Waals surface area contributed by atoms with Crippen LogP contribution in [-0.2, 0) is 10.0 Å². The number of aromatic nitrogens is 2. The van der Waals surface area contributed by atoms with Crippen LogP contribution in [0.25, 0.3) is 0 Å². The van der Waals surface area contributed by atoms with Crippen molar-refractivity contribution in [2.45, 2.75) is 11.8 Å². The molecule has 0 spiro atoms. The van der Waals surface area contributed by atoms with Crippen LogP contribution in [0.15, 0.2) is 17.3 Å². The van der Waals surface area contributed by atoms with Gasteiger partial charge >= 0.3 is 0 Å². The van der Waals surface area contributed by atoms with Crippen molar-refractivity contribution in [1.82, 2.24) is 14.5 Å². The molecule has 1 aromatic rings. The zero-order chi connectivity index (χ0) is 10.6. The number of rotatable bonds is 5. The van der Waals surface area contributed by atoms with Gasteiger partial charge in [0.1, 0.15) is 4.90 Å². The molecule has 7 heteroatoms. The van der Waals surface area contributed by atoms with E-state index in [-0.39, 0.29) is 18.0 Å². The van der Waals surface area contributed by atoms with Crippen molar-refractivity contribution >= 4 is 10.0 Å². The Hall–Kier alpha value is -0.920. The first-order chi connectivity index (χ1) is 6.62. The molecule has 6 nitrogen and oxygen atoms in total. The second-order valence-corrected chi connectivity index (χ2v) is 4.59. The van der Waals surface area contributed by atoms with E-state index in [2.05, 4.69) is 10.2 Å². The van der Waals surface area contributed by atoms with Crippen LogP contribution in [-0.4, -0.2) is 47.7 Å². The minimum absolute atomic E-state index is 0.101. The highest BCUT2D eigenvalue weighted by atomic mass is 32.2. The van der Waals surface area contributed by atoms with Gasteiger partial charge in [0, 0.05) is 19.3 Å². The number of nitrogens with zero attached hydrogens (tertiary/aromatic N) is 2. The molecule has 1 heterocycles. The molecule has 0 radical (unpaired) electrons. The smallest absolute Gasteiger partial charge is 0.246 e. The van der Waals surface area contributed by atoms with E-state index in [0.29, 0.717) is 6.54 Å². The number of sulfonamides is 1. The summed E-state index contributed by atoms with van der Waals surface area (Å²) < 4.78 is 24.7. The Morgan fingerprint density at radius 2 is 2.36 bits per heavy atom. The fraction of sp³-hybridized carbons (Fsp3) is 0.571. The Kier molecular flexibility index (Phi) is 3.62. The summed E-state index contributed by atoms with van der Waals surface area (Å²) in [5.41, 5.74) is 0.